The highest BCUT2D eigenvalue weighted by Gasteiger charge is 2.13. The molecule has 0 aliphatic rings. The summed E-state index contributed by atoms with van der Waals surface area (Å²) in [5, 5.41) is 7.29. The number of benzene rings is 2. The van der Waals surface area contributed by atoms with Gasteiger partial charge in [-0.1, -0.05) is 17.7 Å². The van der Waals surface area contributed by atoms with Crippen LogP contribution in [0.15, 0.2) is 41.5 Å². The summed E-state index contributed by atoms with van der Waals surface area (Å²) < 4.78 is 10.3. The number of halogens is 1. The zero-order valence-corrected chi connectivity index (χ0v) is 16.9. The van der Waals surface area contributed by atoms with Crippen LogP contribution in [-0.4, -0.2) is 31.7 Å². The van der Waals surface area contributed by atoms with Gasteiger partial charge in [0.15, 0.2) is 0 Å². The van der Waals surface area contributed by atoms with Crippen LogP contribution < -0.4 is 20.2 Å². The highest BCUT2D eigenvalue weighted by Crippen LogP contribution is 2.24. The van der Waals surface area contributed by atoms with Gasteiger partial charge in [0.1, 0.15) is 11.5 Å². The summed E-state index contributed by atoms with van der Waals surface area (Å²) in [4.78, 5) is 24.4. The topological polar surface area (TPSA) is 89.0 Å². The number of anilines is 1. The van der Waals surface area contributed by atoms with Gasteiger partial charge in [0, 0.05) is 22.5 Å². The van der Waals surface area contributed by atoms with Crippen molar-refractivity contribution in [2.24, 2.45) is 5.10 Å². The van der Waals surface area contributed by atoms with E-state index in [0.29, 0.717) is 33.5 Å². The first-order valence-corrected chi connectivity index (χ1v) is 8.83. The predicted octanol–water partition coefficient (Wildman–Crippen LogP) is 3.80. The smallest absolute Gasteiger partial charge is 0.275 e. The van der Waals surface area contributed by atoms with E-state index < -0.39 is 5.91 Å². The van der Waals surface area contributed by atoms with Crippen LogP contribution in [-0.2, 0) is 4.79 Å². The molecule has 2 aromatic carbocycles. The van der Waals surface area contributed by atoms with Crippen LogP contribution in [0.4, 0.5) is 5.69 Å². The number of hydrazone groups is 1. The quantitative estimate of drug-likeness (QED) is 0.543. The van der Waals surface area contributed by atoms with Crippen LogP contribution in [0.5, 0.6) is 11.5 Å². The molecule has 7 nitrogen and oxygen atoms in total. The first-order chi connectivity index (χ1) is 13.3. The number of aryl methyl sites for hydroxylation is 1. The Kier molecular flexibility index (Phi) is 7.40. The molecular weight excluding hydrogens is 382 g/mol. The number of rotatable bonds is 7. The summed E-state index contributed by atoms with van der Waals surface area (Å²) in [5.74, 6) is 0.210. The summed E-state index contributed by atoms with van der Waals surface area (Å²) in [7, 11) is 2.99. The van der Waals surface area contributed by atoms with Crippen molar-refractivity contribution < 1.29 is 19.1 Å². The monoisotopic (exact) mass is 403 g/mol. The van der Waals surface area contributed by atoms with Gasteiger partial charge < -0.3 is 14.8 Å². The first-order valence-electron chi connectivity index (χ1n) is 8.45. The SMILES string of the molecule is COc1ccc(C(=O)NN=C(C)CC(=O)Nc2ccc(C)c(Cl)c2)c(OC)c1. The maximum absolute atomic E-state index is 12.3. The van der Waals surface area contributed by atoms with Crippen molar-refractivity contribution in [3.8, 4) is 11.5 Å². The maximum Gasteiger partial charge on any atom is 0.275 e. The molecule has 2 N–H and O–H groups in total. The molecule has 0 atom stereocenters. The Labute approximate surface area is 168 Å². The van der Waals surface area contributed by atoms with Crippen molar-refractivity contribution >= 4 is 34.8 Å². The van der Waals surface area contributed by atoms with Gasteiger partial charge in [-0.15, -0.1) is 0 Å². The largest absolute Gasteiger partial charge is 0.497 e. The average molecular weight is 404 g/mol. The van der Waals surface area contributed by atoms with E-state index in [1.54, 1.807) is 37.3 Å². The fraction of sp³-hybridized carbons (Fsp3) is 0.250. The van der Waals surface area contributed by atoms with Crippen molar-refractivity contribution in [3.63, 3.8) is 0 Å². The number of nitrogens with zero attached hydrogens (tertiary/aromatic N) is 1. The molecule has 8 heteroatoms. The van der Waals surface area contributed by atoms with Crippen LogP contribution in [0, 0.1) is 6.92 Å². The third kappa shape index (κ3) is 5.72. The maximum atomic E-state index is 12.3. The molecule has 0 aliphatic heterocycles. The van der Waals surface area contributed by atoms with Gasteiger partial charge >= 0.3 is 0 Å². The minimum absolute atomic E-state index is 0.0194. The molecule has 0 fully saturated rings. The fourth-order valence-electron chi connectivity index (χ4n) is 2.34. The lowest BCUT2D eigenvalue weighted by atomic mass is 10.2. The molecule has 2 amide bonds. The molecule has 0 bridgehead atoms. The van der Waals surface area contributed by atoms with E-state index in [1.165, 1.54) is 14.2 Å². The Hall–Kier alpha value is -3.06. The van der Waals surface area contributed by atoms with Gasteiger partial charge in [0.25, 0.3) is 5.91 Å². The normalized spacial score (nSPS) is 11.0. The number of nitrogens with one attached hydrogen (secondary N) is 2. The van der Waals surface area contributed by atoms with Crippen molar-refractivity contribution in [1.82, 2.24) is 5.43 Å². The van der Waals surface area contributed by atoms with Crippen molar-refractivity contribution in [2.75, 3.05) is 19.5 Å². The molecule has 148 valence electrons. The molecule has 0 spiro atoms. The molecule has 0 aromatic heterocycles. The molecule has 0 aliphatic carbocycles. The summed E-state index contributed by atoms with van der Waals surface area (Å²) in [6.45, 7) is 3.53. The first kappa shape index (κ1) is 21.2. The number of carbonyl (C=O) groups is 2. The van der Waals surface area contributed by atoms with Gasteiger partial charge in [-0.25, -0.2) is 5.43 Å². The third-order valence-electron chi connectivity index (χ3n) is 3.87. The fourth-order valence-corrected chi connectivity index (χ4v) is 2.52. The standard InChI is InChI=1S/C20H22ClN3O4/c1-12-5-6-14(10-17(12)21)22-19(25)9-13(2)23-24-20(26)16-8-7-15(27-3)11-18(16)28-4/h5-8,10-11H,9H2,1-4H3,(H,22,25)(H,24,26). The molecule has 28 heavy (non-hydrogen) atoms. The second-order valence-electron chi connectivity index (χ2n) is 6.04. The predicted molar refractivity (Wildman–Crippen MR) is 110 cm³/mol. The van der Waals surface area contributed by atoms with E-state index in [2.05, 4.69) is 15.8 Å². The zero-order chi connectivity index (χ0) is 20.7. The lowest BCUT2D eigenvalue weighted by Crippen LogP contribution is -2.22. The summed E-state index contributed by atoms with van der Waals surface area (Å²) in [6, 6.07) is 10.1. The van der Waals surface area contributed by atoms with Gasteiger partial charge in [-0.3, -0.25) is 9.59 Å². The van der Waals surface area contributed by atoms with Crippen LogP contribution in [0.2, 0.25) is 5.02 Å². The Morgan fingerprint density at radius 2 is 1.86 bits per heavy atom. The molecule has 2 rings (SSSR count). The lowest BCUT2D eigenvalue weighted by Gasteiger charge is -2.09. The number of hydrogen-bond donors (Lipinski definition) is 2. The van der Waals surface area contributed by atoms with Crippen molar-refractivity contribution in [3.05, 3.63) is 52.5 Å². The van der Waals surface area contributed by atoms with E-state index in [9.17, 15) is 9.59 Å². The summed E-state index contributed by atoms with van der Waals surface area (Å²) in [6.07, 6.45) is 0.0194. The number of methoxy groups -OCH3 is 2. The van der Waals surface area contributed by atoms with E-state index in [0.717, 1.165) is 5.56 Å². The number of ether oxygens (including phenoxy) is 2. The van der Waals surface area contributed by atoms with E-state index in [-0.39, 0.29) is 12.3 Å². The molecule has 0 saturated heterocycles. The van der Waals surface area contributed by atoms with Gasteiger partial charge in [-0.2, -0.15) is 5.10 Å². The number of amides is 2. The van der Waals surface area contributed by atoms with Crippen LogP contribution in [0.3, 0.4) is 0 Å². The van der Waals surface area contributed by atoms with Gasteiger partial charge in [0.2, 0.25) is 5.91 Å². The third-order valence-corrected chi connectivity index (χ3v) is 4.28. The van der Waals surface area contributed by atoms with Crippen LogP contribution >= 0.6 is 11.6 Å². The van der Waals surface area contributed by atoms with Gasteiger partial charge in [-0.05, 0) is 43.7 Å². The molecule has 0 radical (unpaired) electrons. The van der Waals surface area contributed by atoms with Crippen molar-refractivity contribution in [2.45, 2.75) is 20.3 Å². The molecular formula is C20H22ClN3O4. The van der Waals surface area contributed by atoms with Crippen molar-refractivity contribution in [1.29, 1.82) is 0 Å². The molecule has 0 saturated carbocycles. The second kappa shape index (κ2) is 9.75. The zero-order valence-electron chi connectivity index (χ0n) is 16.1. The molecule has 2 aromatic rings. The number of hydrogen-bond acceptors (Lipinski definition) is 5. The summed E-state index contributed by atoms with van der Waals surface area (Å²) in [5.41, 5.74) is 4.69. The average Bonchev–Trinajstić information content (AvgIpc) is 2.68. The second-order valence-corrected chi connectivity index (χ2v) is 6.45. The molecule has 0 heterocycles. The van der Waals surface area contributed by atoms with Crippen LogP contribution in [0.1, 0.15) is 29.3 Å². The molecule has 0 unspecified atom stereocenters. The highest BCUT2D eigenvalue weighted by molar-refractivity contribution is 6.31. The lowest BCUT2D eigenvalue weighted by molar-refractivity contribution is -0.115. The van der Waals surface area contributed by atoms with E-state index in [4.69, 9.17) is 21.1 Å². The summed E-state index contributed by atoms with van der Waals surface area (Å²) >= 11 is 6.05. The Morgan fingerprint density at radius 1 is 1.11 bits per heavy atom. The Balaban J connectivity index is 1.97. The Bertz CT molecular complexity index is 912. The highest BCUT2D eigenvalue weighted by atomic mass is 35.5. The minimum atomic E-state index is -0.454. The van der Waals surface area contributed by atoms with E-state index >= 15 is 0 Å². The minimum Gasteiger partial charge on any atom is -0.497 e. The Morgan fingerprint density at radius 3 is 2.50 bits per heavy atom. The van der Waals surface area contributed by atoms with E-state index in [1.807, 2.05) is 13.0 Å². The van der Waals surface area contributed by atoms with Gasteiger partial charge in [0.05, 0.1) is 26.2 Å². The van der Waals surface area contributed by atoms with Crippen LogP contribution in [0.25, 0.3) is 0 Å². The number of carbonyl (C=O) groups excluding carboxylic acids is 2.